The van der Waals surface area contributed by atoms with Crippen molar-refractivity contribution in [2.45, 2.75) is 32.7 Å². The molecule has 2 heteroatoms. The van der Waals surface area contributed by atoms with E-state index in [4.69, 9.17) is 4.98 Å². The number of hydrogen-bond acceptors (Lipinski definition) is 1. The van der Waals surface area contributed by atoms with Crippen LogP contribution in [0.25, 0.3) is 49.3 Å². The molecule has 0 saturated heterocycles. The average Bonchev–Trinajstić information content (AvgIpc) is 3.64. The first-order valence-electron chi connectivity index (χ1n) is 19.5. The molecule has 56 heavy (non-hydrogen) atoms. The molecule has 0 spiro atoms. The van der Waals surface area contributed by atoms with Crippen LogP contribution < -0.4 is 0 Å². The quantitative estimate of drug-likeness (QED) is 0.122. The number of imidazole rings is 1. The maximum atomic E-state index is 5.00. The van der Waals surface area contributed by atoms with Crippen molar-refractivity contribution in [3.63, 3.8) is 0 Å². The second kappa shape index (κ2) is 16.3. The molecule has 0 bridgehead atoms. The lowest BCUT2D eigenvalue weighted by Crippen LogP contribution is -2.06. The van der Waals surface area contributed by atoms with E-state index in [1.54, 1.807) is 0 Å². The Morgan fingerprint density at radius 1 is 0.714 bits per heavy atom. The maximum Gasteiger partial charge on any atom is 0.141 e. The van der Waals surface area contributed by atoms with Gasteiger partial charge in [-0.3, -0.25) is 0 Å². The molecule has 8 rings (SSSR count). The van der Waals surface area contributed by atoms with Crippen LogP contribution in [0.2, 0.25) is 0 Å². The fraction of sp³-hybridized carbons (Fsp3) is 0.0926. The minimum atomic E-state index is 0.125. The van der Waals surface area contributed by atoms with Crippen LogP contribution in [0.5, 0.6) is 0 Å². The van der Waals surface area contributed by atoms with Gasteiger partial charge in [-0.25, -0.2) is 4.98 Å². The van der Waals surface area contributed by atoms with Crippen molar-refractivity contribution in [3.8, 4) is 0 Å². The van der Waals surface area contributed by atoms with Gasteiger partial charge in [0.1, 0.15) is 5.82 Å². The Morgan fingerprint density at radius 2 is 1.36 bits per heavy atom. The molecule has 1 aliphatic carbocycles. The molecule has 1 aromatic heterocycles. The summed E-state index contributed by atoms with van der Waals surface area (Å²) in [6, 6.07) is 47.8. The van der Waals surface area contributed by atoms with Gasteiger partial charge < -0.3 is 4.57 Å². The van der Waals surface area contributed by atoms with Crippen LogP contribution in [-0.2, 0) is 0 Å². The Labute approximate surface area is 330 Å². The first-order chi connectivity index (χ1) is 27.5. The highest BCUT2D eigenvalue weighted by Crippen LogP contribution is 2.39. The van der Waals surface area contributed by atoms with Crippen LogP contribution in [0.3, 0.4) is 0 Å². The highest BCUT2D eigenvalue weighted by Gasteiger charge is 2.19. The van der Waals surface area contributed by atoms with E-state index >= 15 is 0 Å². The van der Waals surface area contributed by atoms with E-state index in [1.165, 1.54) is 49.4 Å². The molecule has 0 radical (unpaired) electrons. The first kappa shape index (κ1) is 36.2. The van der Waals surface area contributed by atoms with E-state index < -0.39 is 0 Å². The minimum absolute atomic E-state index is 0.125. The summed E-state index contributed by atoms with van der Waals surface area (Å²) in [5, 5.41) is 4.91. The summed E-state index contributed by atoms with van der Waals surface area (Å²) in [5.74, 6) is 0.891. The SMILES string of the molecule is C=C(c1ccc2ccccc2c1)c1ccccc1/C(=C1/C=CC(C/C=C\C(=C)c2nc3ccccc3n2C(C)/C=C\C=C/C)=CC1)c1ccc2ccccc2c1. The zero-order chi connectivity index (χ0) is 38.4. The average molecular weight is 723 g/mol. The second-order valence-corrected chi connectivity index (χ2v) is 14.4. The van der Waals surface area contributed by atoms with Crippen molar-refractivity contribution in [3.05, 3.63) is 241 Å². The van der Waals surface area contributed by atoms with Gasteiger partial charge >= 0.3 is 0 Å². The summed E-state index contributed by atoms with van der Waals surface area (Å²) in [6.07, 6.45) is 21.3. The van der Waals surface area contributed by atoms with Gasteiger partial charge in [-0.1, -0.05) is 177 Å². The van der Waals surface area contributed by atoms with Crippen LogP contribution >= 0.6 is 0 Å². The second-order valence-electron chi connectivity index (χ2n) is 14.4. The van der Waals surface area contributed by atoms with E-state index in [2.05, 4.69) is 201 Å². The molecule has 1 heterocycles. The minimum Gasteiger partial charge on any atom is -0.317 e. The van der Waals surface area contributed by atoms with Gasteiger partial charge in [0.05, 0.1) is 17.1 Å². The van der Waals surface area contributed by atoms with E-state index in [9.17, 15) is 0 Å². The predicted octanol–water partition coefficient (Wildman–Crippen LogP) is 14.4. The van der Waals surface area contributed by atoms with Crippen LogP contribution in [0.1, 0.15) is 60.8 Å². The Hall–Kier alpha value is -6.77. The van der Waals surface area contributed by atoms with Crippen LogP contribution in [-0.4, -0.2) is 9.55 Å². The van der Waals surface area contributed by atoms with Gasteiger partial charge in [0.2, 0.25) is 0 Å². The largest absolute Gasteiger partial charge is 0.317 e. The van der Waals surface area contributed by atoms with E-state index in [0.29, 0.717) is 0 Å². The normalized spacial score (nSPS) is 14.7. The van der Waals surface area contributed by atoms with Crippen molar-refractivity contribution in [2.75, 3.05) is 0 Å². The maximum absolute atomic E-state index is 5.00. The topological polar surface area (TPSA) is 17.8 Å². The van der Waals surface area contributed by atoms with Gasteiger partial charge in [-0.2, -0.15) is 0 Å². The Morgan fingerprint density at radius 3 is 2.07 bits per heavy atom. The molecule has 0 saturated carbocycles. The molecule has 272 valence electrons. The number of aromatic nitrogens is 2. The van der Waals surface area contributed by atoms with Crippen molar-refractivity contribution in [1.29, 1.82) is 0 Å². The number of hydrogen-bond donors (Lipinski definition) is 0. The zero-order valence-corrected chi connectivity index (χ0v) is 32.2. The molecular weight excluding hydrogens is 677 g/mol. The highest BCUT2D eigenvalue weighted by atomic mass is 15.1. The summed E-state index contributed by atoms with van der Waals surface area (Å²) in [5.41, 5.74) is 12.5. The van der Waals surface area contributed by atoms with Crippen LogP contribution in [0, 0.1) is 0 Å². The summed E-state index contributed by atoms with van der Waals surface area (Å²) < 4.78 is 2.28. The molecule has 6 aromatic carbocycles. The zero-order valence-electron chi connectivity index (χ0n) is 32.2. The Balaban J connectivity index is 1.10. The molecule has 1 unspecified atom stereocenters. The van der Waals surface area contributed by atoms with Crippen molar-refractivity contribution in [2.24, 2.45) is 0 Å². The number of nitrogens with zero attached hydrogens (tertiary/aromatic N) is 2. The van der Waals surface area contributed by atoms with Crippen LogP contribution in [0.15, 0.2) is 212 Å². The monoisotopic (exact) mass is 722 g/mol. The molecule has 0 amide bonds. The lowest BCUT2D eigenvalue weighted by atomic mass is 9.83. The molecule has 0 N–H and O–H groups in total. The predicted molar refractivity (Wildman–Crippen MR) is 242 cm³/mol. The summed E-state index contributed by atoms with van der Waals surface area (Å²) in [4.78, 5) is 5.00. The number of benzene rings is 6. The molecule has 0 aliphatic heterocycles. The Bertz CT molecular complexity index is 2810. The molecule has 1 aliphatic rings. The summed E-state index contributed by atoms with van der Waals surface area (Å²) in [6.45, 7) is 13.4. The summed E-state index contributed by atoms with van der Waals surface area (Å²) >= 11 is 0. The van der Waals surface area contributed by atoms with E-state index in [1.807, 2.05) is 19.1 Å². The standard InChI is InChI=1S/C54H46N2/c1-5-6-7-18-39(3)56-52-27-15-14-26-51(52)55-54(56)38(2)17-16-19-41-28-30-44(31-29-41)53(48-35-33-43-21-9-11-23-47(43)37-48)50-25-13-12-24-49(50)40(4)45-34-32-42-20-8-10-22-46(42)36-45/h5-18,20-30,32-37,39H,2,4,19,31H2,1,3H3/b6-5-,17-16-,18-7-,53-44-. The highest BCUT2D eigenvalue weighted by molar-refractivity contribution is 5.97. The lowest BCUT2D eigenvalue weighted by Gasteiger charge is -2.21. The molecule has 0 fully saturated rings. The van der Waals surface area contributed by atoms with Gasteiger partial charge in [0, 0.05) is 5.57 Å². The number of allylic oxidation sites excluding steroid dienone is 12. The summed E-state index contributed by atoms with van der Waals surface area (Å²) in [7, 11) is 0. The van der Waals surface area contributed by atoms with E-state index in [-0.39, 0.29) is 6.04 Å². The van der Waals surface area contributed by atoms with E-state index in [0.717, 1.165) is 52.0 Å². The van der Waals surface area contributed by atoms with Gasteiger partial charge in [0.25, 0.3) is 0 Å². The van der Waals surface area contributed by atoms with Crippen molar-refractivity contribution >= 4 is 49.3 Å². The fourth-order valence-corrected chi connectivity index (χ4v) is 7.79. The smallest absolute Gasteiger partial charge is 0.141 e. The fourth-order valence-electron chi connectivity index (χ4n) is 7.79. The molecule has 2 nitrogen and oxygen atoms in total. The van der Waals surface area contributed by atoms with Crippen molar-refractivity contribution < 1.29 is 0 Å². The molecular formula is C54H46N2. The number of rotatable bonds is 11. The van der Waals surface area contributed by atoms with Crippen molar-refractivity contribution in [1.82, 2.24) is 9.55 Å². The van der Waals surface area contributed by atoms with Gasteiger partial charge in [0.15, 0.2) is 0 Å². The molecule has 7 aromatic rings. The third kappa shape index (κ3) is 7.47. The Kier molecular flexibility index (Phi) is 10.5. The van der Waals surface area contributed by atoms with Gasteiger partial charge in [-0.05, 0) is 117 Å². The lowest BCUT2D eigenvalue weighted by molar-refractivity contribution is 0.672. The molecule has 1 atom stereocenters. The van der Waals surface area contributed by atoms with Gasteiger partial charge in [-0.15, -0.1) is 0 Å². The first-order valence-corrected chi connectivity index (χ1v) is 19.5. The third-order valence-electron chi connectivity index (χ3n) is 10.7. The third-order valence-corrected chi connectivity index (χ3v) is 10.7. The number of fused-ring (bicyclic) bond motifs is 3. The van der Waals surface area contributed by atoms with Crippen LogP contribution in [0.4, 0.5) is 0 Å². The number of para-hydroxylation sites is 2.